The van der Waals surface area contributed by atoms with Crippen molar-refractivity contribution in [1.29, 1.82) is 0 Å². The van der Waals surface area contributed by atoms with E-state index < -0.39 is 0 Å². The molecule has 0 aliphatic heterocycles. The van der Waals surface area contributed by atoms with E-state index in [4.69, 9.17) is 0 Å². The van der Waals surface area contributed by atoms with Crippen LogP contribution in [-0.4, -0.2) is 26.3 Å². The van der Waals surface area contributed by atoms with Gasteiger partial charge >= 0.3 is 0 Å². The summed E-state index contributed by atoms with van der Waals surface area (Å²) in [5, 5.41) is 16.8. The zero-order valence-corrected chi connectivity index (χ0v) is 15.3. The average molecular weight is 394 g/mol. The lowest BCUT2D eigenvalue weighted by atomic mass is 10.1. The molecule has 3 heterocycles. The Kier molecular flexibility index (Phi) is 4.36. The fraction of sp³-hybridized carbons (Fsp3) is 0.267. The highest BCUT2D eigenvalue weighted by atomic mass is 79.9. The molecule has 8 heteroatoms. The van der Waals surface area contributed by atoms with Gasteiger partial charge in [0.25, 0.3) is 5.91 Å². The summed E-state index contributed by atoms with van der Waals surface area (Å²) in [6.45, 7) is 6.11. The number of nitrogens with zero attached hydrogens (tertiary/aromatic N) is 2. The maximum atomic E-state index is 12.3. The summed E-state index contributed by atoms with van der Waals surface area (Å²) in [5.74, 6) is 0.412. The zero-order chi connectivity index (χ0) is 16.6. The van der Waals surface area contributed by atoms with Crippen LogP contribution in [0.4, 0.5) is 5.82 Å². The van der Waals surface area contributed by atoms with Crippen molar-refractivity contribution in [1.82, 2.24) is 20.4 Å². The molecular weight excluding hydrogens is 378 g/mol. The molecule has 3 aromatic rings. The maximum Gasteiger partial charge on any atom is 0.278 e. The van der Waals surface area contributed by atoms with Crippen molar-refractivity contribution in [3.63, 3.8) is 0 Å². The van der Waals surface area contributed by atoms with Crippen LogP contribution in [0.5, 0.6) is 0 Å². The molecule has 0 aliphatic carbocycles. The third kappa shape index (κ3) is 3.23. The summed E-state index contributed by atoms with van der Waals surface area (Å²) in [6.07, 6.45) is 0. The molecule has 6 nitrogen and oxygen atoms in total. The van der Waals surface area contributed by atoms with E-state index in [9.17, 15) is 4.79 Å². The number of thiophene rings is 1. The number of aryl methyl sites for hydroxylation is 1. The Balaban J connectivity index is 1.77. The largest absolute Gasteiger partial charge is 0.304 e. The van der Waals surface area contributed by atoms with E-state index in [0.29, 0.717) is 16.0 Å². The first-order valence-electron chi connectivity index (χ1n) is 7.13. The van der Waals surface area contributed by atoms with Gasteiger partial charge < -0.3 is 5.32 Å². The number of hydrogen-bond acceptors (Lipinski definition) is 4. The molecule has 120 valence electrons. The molecule has 1 amide bonds. The zero-order valence-electron chi connectivity index (χ0n) is 12.9. The van der Waals surface area contributed by atoms with Gasteiger partial charge in [-0.25, -0.2) is 0 Å². The lowest BCUT2D eigenvalue weighted by Gasteiger charge is -2.01. The van der Waals surface area contributed by atoms with E-state index in [2.05, 4.69) is 48.6 Å². The quantitative estimate of drug-likeness (QED) is 0.616. The minimum Gasteiger partial charge on any atom is -0.304 e. The Bertz CT molecular complexity index is 848. The Labute approximate surface area is 145 Å². The minimum atomic E-state index is -0.305. The number of aromatic nitrogens is 4. The minimum absolute atomic E-state index is 0.248. The first-order chi connectivity index (χ1) is 11.0. The van der Waals surface area contributed by atoms with E-state index in [1.807, 2.05) is 32.0 Å². The lowest BCUT2D eigenvalue weighted by Crippen LogP contribution is -2.13. The highest BCUT2D eigenvalue weighted by Gasteiger charge is 2.20. The lowest BCUT2D eigenvalue weighted by molar-refractivity contribution is 0.102. The number of H-pyrrole nitrogens is 2. The number of halogens is 1. The second kappa shape index (κ2) is 6.29. The van der Waals surface area contributed by atoms with Crippen LogP contribution in [0.3, 0.4) is 0 Å². The van der Waals surface area contributed by atoms with E-state index >= 15 is 0 Å². The van der Waals surface area contributed by atoms with Gasteiger partial charge in [-0.15, -0.1) is 11.3 Å². The van der Waals surface area contributed by atoms with Crippen molar-refractivity contribution in [2.75, 3.05) is 5.32 Å². The van der Waals surface area contributed by atoms with Crippen LogP contribution in [0, 0.1) is 6.92 Å². The number of nitrogens with one attached hydrogen (secondary N) is 3. The molecular formula is C15H16BrN5OS. The molecule has 0 bridgehead atoms. The molecule has 3 N–H and O–H groups in total. The van der Waals surface area contributed by atoms with Gasteiger partial charge in [0.15, 0.2) is 11.5 Å². The summed E-state index contributed by atoms with van der Waals surface area (Å²) in [5.41, 5.74) is 2.10. The van der Waals surface area contributed by atoms with E-state index in [-0.39, 0.29) is 11.8 Å². The molecule has 0 spiro atoms. The summed E-state index contributed by atoms with van der Waals surface area (Å²) in [4.78, 5) is 14.7. The highest BCUT2D eigenvalue weighted by molar-refractivity contribution is 9.10. The van der Waals surface area contributed by atoms with Crippen molar-refractivity contribution in [2.45, 2.75) is 26.7 Å². The molecule has 0 saturated carbocycles. The molecule has 0 atom stereocenters. The number of aromatic amines is 2. The van der Waals surface area contributed by atoms with Crippen LogP contribution in [0.15, 0.2) is 22.7 Å². The first-order valence-corrected chi connectivity index (χ1v) is 8.74. The van der Waals surface area contributed by atoms with Gasteiger partial charge in [-0.1, -0.05) is 13.8 Å². The predicted octanol–water partition coefficient (Wildman–Crippen LogP) is 4.31. The van der Waals surface area contributed by atoms with Gasteiger partial charge in [0.2, 0.25) is 0 Å². The van der Waals surface area contributed by atoms with Crippen molar-refractivity contribution in [2.24, 2.45) is 0 Å². The van der Waals surface area contributed by atoms with Crippen LogP contribution in [0.25, 0.3) is 10.6 Å². The normalized spacial score (nSPS) is 11.2. The summed E-state index contributed by atoms with van der Waals surface area (Å²) in [6, 6.07) is 5.89. The fourth-order valence-corrected chi connectivity index (χ4v) is 3.79. The van der Waals surface area contributed by atoms with Crippen LogP contribution in [0.1, 0.15) is 40.8 Å². The number of carbonyl (C=O) groups excluding carboxylic acids is 1. The summed E-state index contributed by atoms with van der Waals surface area (Å²) < 4.78 is 0.689. The third-order valence-electron chi connectivity index (χ3n) is 3.35. The standard InChI is InChI=1S/C15H16BrN5OS/c1-7(2)13-12(16)14(21-20-13)15(22)17-11-6-9(18-19-11)10-5-4-8(3)23-10/h4-7H,1-3H3,(H,20,21)(H2,17,18,19,22). The molecule has 3 rings (SSSR count). The van der Waals surface area contributed by atoms with E-state index in [0.717, 1.165) is 16.3 Å². The molecule has 0 radical (unpaired) electrons. The van der Waals surface area contributed by atoms with Gasteiger partial charge in [-0.3, -0.25) is 15.0 Å². The first kappa shape index (κ1) is 15.9. The second-order valence-electron chi connectivity index (χ2n) is 5.49. The molecule has 0 saturated heterocycles. The Hall–Kier alpha value is -1.93. The third-order valence-corrected chi connectivity index (χ3v) is 5.19. The van der Waals surface area contributed by atoms with Gasteiger partial charge in [-0.2, -0.15) is 10.2 Å². The van der Waals surface area contributed by atoms with Gasteiger partial charge in [-0.05, 0) is 40.9 Å². The Morgan fingerprint density at radius 2 is 2.09 bits per heavy atom. The van der Waals surface area contributed by atoms with Gasteiger partial charge in [0.05, 0.1) is 20.7 Å². The van der Waals surface area contributed by atoms with Crippen molar-refractivity contribution >= 4 is 39.0 Å². The number of hydrogen-bond donors (Lipinski definition) is 3. The number of anilines is 1. The van der Waals surface area contributed by atoms with Crippen molar-refractivity contribution in [3.05, 3.63) is 38.9 Å². The highest BCUT2D eigenvalue weighted by Crippen LogP contribution is 2.28. The van der Waals surface area contributed by atoms with Crippen LogP contribution in [0.2, 0.25) is 0 Å². The van der Waals surface area contributed by atoms with E-state index in [1.165, 1.54) is 4.88 Å². The molecule has 0 aromatic carbocycles. The summed E-state index contributed by atoms with van der Waals surface area (Å²) in [7, 11) is 0. The Morgan fingerprint density at radius 1 is 1.30 bits per heavy atom. The van der Waals surface area contributed by atoms with Crippen molar-refractivity contribution in [3.8, 4) is 10.6 Å². The second-order valence-corrected chi connectivity index (χ2v) is 7.57. The maximum absolute atomic E-state index is 12.3. The predicted molar refractivity (Wildman–Crippen MR) is 95.0 cm³/mol. The van der Waals surface area contributed by atoms with Gasteiger partial charge in [0, 0.05) is 10.9 Å². The Morgan fingerprint density at radius 3 is 2.70 bits per heavy atom. The monoisotopic (exact) mass is 393 g/mol. The topological polar surface area (TPSA) is 86.5 Å². The SMILES string of the molecule is Cc1ccc(-c2cc(NC(=O)c3n[nH]c(C(C)C)c3Br)n[nH]2)s1. The van der Waals surface area contributed by atoms with Crippen molar-refractivity contribution < 1.29 is 4.79 Å². The average Bonchev–Trinajstić information content (AvgIpc) is 3.18. The molecule has 23 heavy (non-hydrogen) atoms. The van der Waals surface area contributed by atoms with Gasteiger partial charge in [0.1, 0.15) is 0 Å². The molecule has 0 unspecified atom stereocenters. The number of amides is 1. The molecule has 0 aliphatic rings. The molecule has 3 aromatic heterocycles. The fourth-order valence-electron chi connectivity index (χ4n) is 2.14. The van der Waals surface area contributed by atoms with Crippen LogP contribution >= 0.6 is 27.3 Å². The summed E-state index contributed by atoms with van der Waals surface area (Å²) >= 11 is 5.10. The van der Waals surface area contributed by atoms with Crippen LogP contribution < -0.4 is 5.32 Å². The molecule has 0 fully saturated rings. The van der Waals surface area contributed by atoms with Crippen LogP contribution in [-0.2, 0) is 0 Å². The number of rotatable bonds is 4. The number of carbonyl (C=O) groups is 1. The smallest absolute Gasteiger partial charge is 0.278 e. The van der Waals surface area contributed by atoms with E-state index in [1.54, 1.807) is 11.3 Å².